The number of aromatic hydroxyl groups is 1. The second-order valence-corrected chi connectivity index (χ2v) is 4.34. The number of pyridine rings is 1. The van der Waals surface area contributed by atoms with Crippen LogP contribution in [0.2, 0.25) is 0 Å². The molecular formula is C16H14N2O3. The summed E-state index contributed by atoms with van der Waals surface area (Å²) in [7, 11) is 0. The molecule has 106 valence electrons. The van der Waals surface area contributed by atoms with Gasteiger partial charge >= 0.3 is 0 Å². The summed E-state index contributed by atoms with van der Waals surface area (Å²) in [5, 5.41) is 21.0. The van der Waals surface area contributed by atoms with Crippen LogP contribution in [-0.4, -0.2) is 27.7 Å². The molecule has 1 amide bonds. The molecule has 3 N–H and O–H groups in total. The van der Waals surface area contributed by atoms with Crippen LogP contribution in [0.15, 0.2) is 36.7 Å². The molecule has 1 aromatic heterocycles. The molecular weight excluding hydrogens is 268 g/mol. The van der Waals surface area contributed by atoms with Crippen molar-refractivity contribution in [2.75, 3.05) is 11.9 Å². The molecule has 0 aliphatic heterocycles. The van der Waals surface area contributed by atoms with Crippen molar-refractivity contribution in [3.63, 3.8) is 0 Å². The highest BCUT2D eigenvalue weighted by molar-refractivity contribution is 6.06. The van der Waals surface area contributed by atoms with E-state index in [9.17, 15) is 9.90 Å². The molecule has 5 nitrogen and oxygen atoms in total. The van der Waals surface area contributed by atoms with Crippen molar-refractivity contribution in [3.05, 3.63) is 53.3 Å². The molecule has 0 spiro atoms. The Morgan fingerprint density at radius 1 is 1.38 bits per heavy atom. The second-order valence-electron chi connectivity index (χ2n) is 4.34. The first kappa shape index (κ1) is 14.6. The van der Waals surface area contributed by atoms with Crippen LogP contribution in [0.1, 0.15) is 21.5 Å². The fourth-order valence-electron chi connectivity index (χ4n) is 1.79. The Hall–Kier alpha value is -2.84. The summed E-state index contributed by atoms with van der Waals surface area (Å²) >= 11 is 0. The number of aliphatic hydroxyl groups excluding tert-OH is 1. The minimum absolute atomic E-state index is 0.159. The molecule has 0 saturated carbocycles. The van der Waals surface area contributed by atoms with Gasteiger partial charge in [-0.3, -0.25) is 9.78 Å². The molecule has 0 fully saturated rings. The molecule has 21 heavy (non-hydrogen) atoms. The maximum absolute atomic E-state index is 12.0. The van der Waals surface area contributed by atoms with Crippen LogP contribution < -0.4 is 5.32 Å². The minimum atomic E-state index is -0.413. The summed E-state index contributed by atoms with van der Waals surface area (Å²) in [6, 6.07) is 6.70. The molecule has 2 rings (SSSR count). The van der Waals surface area contributed by atoms with E-state index in [1.807, 2.05) is 6.92 Å². The zero-order valence-corrected chi connectivity index (χ0v) is 11.4. The van der Waals surface area contributed by atoms with Crippen molar-refractivity contribution in [1.29, 1.82) is 0 Å². The summed E-state index contributed by atoms with van der Waals surface area (Å²) in [6.45, 7) is 1.67. The third kappa shape index (κ3) is 3.59. The van der Waals surface area contributed by atoms with Crippen LogP contribution >= 0.6 is 0 Å². The van der Waals surface area contributed by atoms with Crippen molar-refractivity contribution in [2.45, 2.75) is 6.92 Å². The Morgan fingerprint density at radius 2 is 2.19 bits per heavy atom. The van der Waals surface area contributed by atoms with Gasteiger partial charge in [0.1, 0.15) is 12.4 Å². The number of carbonyl (C=O) groups excluding carboxylic acids is 1. The van der Waals surface area contributed by atoms with Crippen LogP contribution in [0, 0.1) is 18.8 Å². The van der Waals surface area contributed by atoms with Crippen molar-refractivity contribution in [1.82, 2.24) is 4.98 Å². The number of aryl methyl sites for hydroxylation is 1. The fraction of sp³-hybridized carbons (Fsp3) is 0.125. The number of carbonyl (C=O) groups is 1. The molecule has 1 heterocycles. The van der Waals surface area contributed by atoms with E-state index < -0.39 is 5.91 Å². The predicted molar refractivity (Wildman–Crippen MR) is 79.0 cm³/mol. The van der Waals surface area contributed by atoms with Gasteiger partial charge in [0.2, 0.25) is 0 Å². The third-order valence-electron chi connectivity index (χ3n) is 2.83. The molecule has 0 saturated heterocycles. The van der Waals surface area contributed by atoms with Gasteiger partial charge in [0.25, 0.3) is 5.91 Å². The first-order valence-electron chi connectivity index (χ1n) is 6.26. The van der Waals surface area contributed by atoms with Crippen molar-refractivity contribution in [2.24, 2.45) is 0 Å². The van der Waals surface area contributed by atoms with E-state index in [1.54, 1.807) is 18.2 Å². The molecule has 2 aromatic rings. The van der Waals surface area contributed by atoms with Crippen molar-refractivity contribution in [3.8, 4) is 17.6 Å². The van der Waals surface area contributed by atoms with Crippen LogP contribution in [0.25, 0.3) is 0 Å². The van der Waals surface area contributed by atoms with Gasteiger partial charge < -0.3 is 15.5 Å². The largest absolute Gasteiger partial charge is 0.505 e. The number of amides is 1. The van der Waals surface area contributed by atoms with Crippen LogP contribution in [0.3, 0.4) is 0 Å². The van der Waals surface area contributed by atoms with E-state index in [4.69, 9.17) is 5.11 Å². The Morgan fingerprint density at radius 3 is 2.86 bits per heavy atom. The monoisotopic (exact) mass is 282 g/mol. The second kappa shape index (κ2) is 6.55. The maximum atomic E-state index is 12.0. The number of hydrogen-bond donors (Lipinski definition) is 3. The standard InChI is InChI=1S/C16H14N2O3/c1-11-9-13(5-4-12(11)3-2-8-19)18-16(21)14-6-7-17-10-15(14)20/h4-7,9-10,19-20H,8H2,1H3,(H,18,21). The highest BCUT2D eigenvalue weighted by Gasteiger charge is 2.11. The maximum Gasteiger partial charge on any atom is 0.259 e. The van der Waals surface area contributed by atoms with Crippen LogP contribution in [0.5, 0.6) is 5.75 Å². The Balaban J connectivity index is 2.19. The number of anilines is 1. The molecule has 0 unspecified atom stereocenters. The number of nitrogens with zero attached hydrogens (tertiary/aromatic N) is 1. The molecule has 0 atom stereocenters. The van der Waals surface area contributed by atoms with E-state index >= 15 is 0 Å². The summed E-state index contributed by atoms with van der Waals surface area (Å²) in [5.41, 5.74) is 2.43. The lowest BCUT2D eigenvalue weighted by molar-refractivity contribution is 0.102. The van der Waals surface area contributed by atoms with Crippen LogP contribution in [-0.2, 0) is 0 Å². The zero-order chi connectivity index (χ0) is 15.2. The summed E-state index contributed by atoms with van der Waals surface area (Å²) in [5.74, 6) is 4.82. The zero-order valence-electron chi connectivity index (χ0n) is 11.4. The Labute approximate surface area is 122 Å². The van der Waals surface area contributed by atoms with Crippen molar-refractivity contribution < 1.29 is 15.0 Å². The smallest absolute Gasteiger partial charge is 0.259 e. The third-order valence-corrected chi connectivity index (χ3v) is 2.83. The average molecular weight is 282 g/mol. The van der Waals surface area contributed by atoms with E-state index in [1.165, 1.54) is 18.5 Å². The molecule has 0 aliphatic carbocycles. The number of aromatic nitrogens is 1. The van der Waals surface area contributed by atoms with Crippen molar-refractivity contribution >= 4 is 11.6 Å². The van der Waals surface area contributed by atoms with E-state index in [2.05, 4.69) is 22.1 Å². The van der Waals surface area contributed by atoms with Gasteiger partial charge in [0.05, 0.1) is 11.8 Å². The predicted octanol–water partition coefficient (Wildman–Crippen LogP) is 1.69. The lowest BCUT2D eigenvalue weighted by Gasteiger charge is -2.08. The Kier molecular flexibility index (Phi) is 4.54. The van der Waals surface area contributed by atoms with Gasteiger partial charge in [0.15, 0.2) is 0 Å². The highest BCUT2D eigenvalue weighted by atomic mass is 16.3. The summed E-state index contributed by atoms with van der Waals surface area (Å²) < 4.78 is 0. The average Bonchev–Trinajstić information content (AvgIpc) is 2.47. The van der Waals surface area contributed by atoms with E-state index in [-0.39, 0.29) is 17.9 Å². The van der Waals surface area contributed by atoms with Gasteiger partial charge in [-0.2, -0.15) is 0 Å². The molecule has 0 aliphatic rings. The number of hydrogen-bond acceptors (Lipinski definition) is 4. The lowest BCUT2D eigenvalue weighted by atomic mass is 10.1. The first-order valence-corrected chi connectivity index (χ1v) is 6.26. The van der Waals surface area contributed by atoms with Gasteiger partial charge in [0, 0.05) is 17.4 Å². The number of aliphatic hydroxyl groups is 1. The SMILES string of the molecule is Cc1cc(NC(=O)c2ccncc2O)ccc1C#CCO. The molecule has 5 heteroatoms. The highest BCUT2D eigenvalue weighted by Crippen LogP contribution is 2.18. The van der Waals surface area contributed by atoms with Crippen LogP contribution in [0.4, 0.5) is 5.69 Å². The number of rotatable bonds is 2. The number of benzene rings is 1. The quantitative estimate of drug-likeness (QED) is 0.732. The number of nitrogens with one attached hydrogen (secondary N) is 1. The minimum Gasteiger partial charge on any atom is -0.505 e. The molecule has 0 radical (unpaired) electrons. The first-order chi connectivity index (χ1) is 10.1. The topological polar surface area (TPSA) is 82.5 Å². The van der Waals surface area contributed by atoms with Gasteiger partial charge in [-0.15, -0.1) is 0 Å². The van der Waals surface area contributed by atoms with E-state index in [0.717, 1.165) is 11.1 Å². The fourth-order valence-corrected chi connectivity index (χ4v) is 1.79. The van der Waals surface area contributed by atoms with Gasteiger partial charge in [-0.25, -0.2) is 0 Å². The van der Waals surface area contributed by atoms with E-state index in [0.29, 0.717) is 5.69 Å². The Bertz CT molecular complexity index is 730. The van der Waals surface area contributed by atoms with Gasteiger partial charge in [-0.05, 0) is 36.8 Å². The van der Waals surface area contributed by atoms with Gasteiger partial charge in [-0.1, -0.05) is 11.8 Å². The molecule has 1 aromatic carbocycles. The summed E-state index contributed by atoms with van der Waals surface area (Å²) in [4.78, 5) is 15.8. The normalized spacial score (nSPS) is 9.62. The summed E-state index contributed by atoms with van der Waals surface area (Å²) in [6.07, 6.45) is 2.65. The lowest BCUT2D eigenvalue weighted by Crippen LogP contribution is -2.12. The molecule has 0 bridgehead atoms.